The van der Waals surface area contributed by atoms with Crippen LogP contribution in [0.3, 0.4) is 0 Å². The molecule has 1 aliphatic rings. The summed E-state index contributed by atoms with van der Waals surface area (Å²) >= 11 is 0. The molecule has 0 saturated carbocycles. The van der Waals surface area contributed by atoms with Crippen molar-refractivity contribution in [2.75, 3.05) is 36.8 Å². The van der Waals surface area contributed by atoms with E-state index < -0.39 is 6.03 Å². The van der Waals surface area contributed by atoms with Crippen LogP contribution in [0.25, 0.3) is 10.8 Å². The van der Waals surface area contributed by atoms with Crippen LogP contribution in [0.5, 0.6) is 11.5 Å². The first kappa shape index (κ1) is 26.3. The van der Waals surface area contributed by atoms with Crippen LogP contribution in [0.4, 0.5) is 16.2 Å². The third-order valence-corrected chi connectivity index (χ3v) is 7.15. The molecule has 0 unspecified atom stereocenters. The van der Waals surface area contributed by atoms with Crippen molar-refractivity contribution in [3.63, 3.8) is 0 Å². The largest absolute Gasteiger partial charge is 0.455 e. The summed E-state index contributed by atoms with van der Waals surface area (Å²) in [7, 11) is 0. The van der Waals surface area contributed by atoms with Crippen molar-refractivity contribution in [2.45, 2.75) is 26.7 Å². The van der Waals surface area contributed by atoms with Gasteiger partial charge in [0.2, 0.25) is 0 Å². The number of ether oxygens (including phenoxy) is 1. The fraction of sp³-hybridized carbons (Fsp3) is 0.250. The van der Waals surface area contributed by atoms with Crippen molar-refractivity contribution in [1.82, 2.24) is 10.2 Å². The molecule has 0 radical (unpaired) electrons. The molecular formula is C32H34N4O3. The second-order valence-corrected chi connectivity index (χ2v) is 9.97. The number of anilines is 2. The smallest absolute Gasteiger partial charge is 0.323 e. The number of benzene rings is 4. The topological polar surface area (TPSA) is 82.7 Å². The first-order chi connectivity index (χ1) is 19.0. The molecule has 3 N–H and O–H groups in total. The van der Waals surface area contributed by atoms with Gasteiger partial charge in [0, 0.05) is 24.0 Å². The summed E-state index contributed by atoms with van der Waals surface area (Å²) in [5, 5.41) is 10.8. The van der Waals surface area contributed by atoms with E-state index in [0.29, 0.717) is 35.0 Å². The van der Waals surface area contributed by atoms with Crippen LogP contribution >= 0.6 is 0 Å². The molecule has 5 rings (SSSR count). The Hall–Kier alpha value is -4.36. The second-order valence-electron chi connectivity index (χ2n) is 9.97. The number of nitrogens with one attached hydrogen (secondary N) is 3. The van der Waals surface area contributed by atoms with Crippen molar-refractivity contribution in [1.29, 1.82) is 0 Å². The molecule has 0 spiro atoms. The Labute approximate surface area is 229 Å². The number of likely N-dealkylation sites (tertiary alicyclic amines) is 1. The van der Waals surface area contributed by atoms with Gasteiger partial charge in [0.05, 0.1) is 11.4 Å². The zero-order chi connectivity index (χ0) is 27.2. The van der Waals surface area contributed by atoms with Crippen LogP contribution in [0.1, 0.15) is 34.3 Å². The van der Waals surface area contributed by atoms with E-state index in [1.165, 1.54) is 12.8 Å². The van der Waals surface area contributed by atoms with Gasteiger partial charge in [-0.25, -0.2) is 4.79 Å². The minimum absolute atomic E-state index is 0.190. The molecule has 4 aromatic carbocycles. The zero-order valence-corrected chi connectivity index (χ0v) is 22.4. The van der Waals surface area contributed by atoms with Crippen molar-refractivity contribution in [2.24, 2.45) is 0 Å². The van der Waals surface area contributed by atoms with Crippen LogP contribution in [0.2, 0.25) is 0 Å². The summed E-state index contributed by atoms with van der Waals surface area (Å²) < 4.78 is 6.17. The van der Waals surface area contributed by atoms with E-state index in [2.05, 4.69) is 20.9 Å². The molecule has 1 fully saturated rings. The van der Waals surface area contributed by atoms with Gasteiger partial charge in [0.1, 0.15) is 5.75 Å². The highest BCUT2D eigenvalue weighted by Crippen LogP contribution is 2.32. The van der Waals surface area contributed by atoms with Gasteiger partial charge >= 0.3 is 6.03 Å². The predicted octanol–water partition coefficient (Wildman–Crippen LogP) is 6.72. The first-order valence-corrected chi connectivity index (χ1v) is 13.4. The van der Waals surface area contributed by atoms with E-state index >= 15 is 0 Å². The normalized spacial score (nSPS) is 13.3. The Morgan fingerprint density at radius 3 is 2.41 bits per heavy atom. The summed E-state index contributed by atoms with van der Waals surface area (Å²) in [5.74, 6) is 0.905. The van der Waals surface area contributed by atoms with Crippen molar-refractivity contribution in [3.8, 4) is 11.5 Å². The van der Waals surface area contributed by atoms with Crippen molar-refractivity contribution in [3.05, 3.63) is 95.6 Å². The highest BCUT2D eigenvalue weighted by Gasteiger charge is 2.16. The maximum absolute atomic E-state index is 13.1. The minimum atomic E-state index is -0.428. The van der Waals surface area contributed by atoms with Crippen LogP contribution in [-0.2, 0) is 0 Å². The first-order valence-electron chi connectivity index (χ1n) is 13.4. The number of carbonyl (C=O) groups excluding carboxylic acids is 2. The summed E-state index contributed by atoms with van der Waals surface area (Å²) in [6.45, 7) is 7.64. The third-order valence-electron chi connectivity index (χ3n) is 7.15. The molecule has 1 saturated heterocycles. The number of amides is 3. The molecule has 1 heterocycles. The molecule has 1 aliphatic heterocycles. The second kappa shape index (κ2) is 12.0. The van der Waals surface area contributed by atoms with Crippen LogP contribution < -0.4 is 20.7 Å². The minimum Gasteiger partial charge on any atom is -0.455 e. The standard InChI is InChI=1S/C32H34N4O3/c1-22-12-14-26(20-23(22)2)39-30-15-13-25(31(37)33-16-19-36-17-5-6-18-36)21-29(30)35-32(38)34-28-11-7-9-24-8-3-4-10-27(24)28/h3-4,7-15,20-21H,5-6,16-19H2,1-2H3,(H,33,37)(H2,34,35,38). The van der Waals surface area contributed by atoms with Crippen molar-refractivity contribution < 1.29 is 14.3 Å². The Kier molecular flexibility index (Phi) is 8.08. The summed E-state index contributed by atoms with van der Waals surface area (Å²) in [4.78, 5) is 28.4. The lowest BCUT2D eigenvalue weighted by Gasteiger charge is -2.17. The Balaban J connectivity index is 1.36. The van der Waals surface area contributed by atoms with Gasteiger partial charge in [-0.2, -0.15) is 0 Å². The summed E-state index contributed by atoms with van der Waals surface area (Å²) in [6.07, 6.45) is 2.43. The number of aryl methyl sites for hydroxylation is 2. The fourth-order valence-corrected chi connectivity index (χ4v) is 4.81. The third kappa shape index (κ3) is 6.56. The van der Waals surface area contributed by atoms with Crippen molar-refractivity contribution >= 4 is 34.1 Å². The predicted molar refractivity (Wildman–Crippen MR) is 157 cm³/mol. The molecule has 0 aromatic heterocycles. The molecule has 200 valence electrons. The Bertz CT molecular complexity index is 1490. The monoisotopic (exact) mass is 522 g/mol. The SMILES string of the molecule is Cc1ccc(Oc2ccc(C(=O)NCCN3CCCC3)cc2NC(=O)Nc2cccc3ccccc23)cc1C. The molecule has 3 amide bonds. The maximum atomic E-state index is 13.1. The molecule has 4 aromatic rings. The van der Waals surface area contributed by atoms with Gasteiger partial charge in [0.25, 0.3) is 5.91 Å². The number of carbonyl (C=O) groups is 2. The Morgan fingerprint density at radius 1 is 0.821 bits per heavy atom. The van der Waals surface area contributed by atoms with Gasteiger partial charge in [-0.05, 0) is 92.7 Å². The van der Waals surface area contributed by atoms with E-state index in [-0.39, 0.29) is 5.91 Å². The molecule has 7 nitrogen and oxygen atoms in total. The number of urea groups is 1. The highest BCUT2D eigenvalue weighted by molar-refractivity contribution is 6.07. The Morgan fingerprint density at radius 2 is 1.59 bits per heavy atom. The van der Waals surface area contributed by atoms with Gasteiger partial charge < -0.3 is 25.6 Å². The number of rotatable bonds is 8. The maximum Gasteiger partial charge on any atom is 0.323 e. The van der Waals surface area contributed by atoms with Gasteiger partial charge in [0.15, 0.2) is 5.75 Å². The molecular weight excluding hydrogens is 488 g/mol. The van der Waals surface area contributed by atoms with Gasteiger partial charge in [-0.15, -0.1) is 0 Å². The van der Waals surface area contributed by atoms with Crippen LogP contribution in [0.15, 0.2) is 78.9 Å². The lowest BCUT2D eigenvalue weighted by molar-refractivity contribution is 0.0949. The molecule has 0 bridgehead atoms. The van der Waals surface area contributed by atoms with Gasteiger partial charge in [-0.1, -0.05) is 42.5 Å². The number of hydrogen-bond acceptors (Lipinski definition) is 4. The number of fused-ring (bicyclic) bond motifs is 1. The summed E-state index contributed by atoms with van der Waals surface area (Å²) in [6, 6.07) is 24.1. The lowest BCUT2D eigenvalue weighted by atomic mass is 10.1. The number of nitrogens with zero attached hydrogens (tertiary/aromatic N) is 1. The average molecular weight is 523 g/mol. The van der Waals surface area contributed by atoms with E-state index in [4.69, 9.17) is 4.74 Å². The molecule has 39 heavy (non-hydrogen) atoms. The van der Waals surface area contributed by atoms with Crippen LogP contribution in [0, 0.1) is 13.8 Å². The quantitative estimate of drug-likeness (QED) is 0.240. The van der Waals surface area contributed by atoms with E-state index in [9.17, 15) is 9.59 Å². The lowest BCUT2D eigenvalue weighted by Crippen LogP contribution is -2.33. The highest BCUT2D eigenvalue weighted by atomic mass is 16.5. The molecule has 0 aliphatic carbocycles. The fourth-order valence-electron chi connectivity index (χ4n) is 4.81. The molecule has 7 heteroatoms. The van der Waals surface area contributed by atoms with E-state index in [0.717, 1.165) is 41.5 Å². The molecule has 0 atom stereocenters. The number of hydrogen-bond donors (Lipinski definition) is 3. The van der Waals surface area contributed by atoms with Gasteiger partial charge in [-0.3, -0.25) is 4.79 Å². The van der Waals surface area contributed by atoms with E-state index in [1.807, 2.05) is 74.5 Å². The summed E-state index contributed by atoms with van der Waals surface area (Å²) in [5.41, 5.74) is 3.81. The van der Waals surface area contributed by atoms with E-state index in [1.54, 1.807) is 18.2 Å². The zero-order valence-electron chi connectivity index (χ0n) is 22.4. The average Bonchev–Trinajstić information content (AvgIpc) is 3.45. The van der Waals surface area contributed by atoms with Crippen LogP contribution in [-0.4, -0.2) is 43.0 Å².